The van der Waals surface area contributed by atoms with E-state index in [-0.39, 0.29) is 0 Å². The van der Waals surface area contributed by atoms with Crippen molar-refractivity contribution in [2.75, 3.05) is 6.54 Å². The van der Waals surface area contributed by atoms with Crippen LogP contribution in [0.5, 0.6) is 0 Å². The zero-order valence-electron chi connectivity index (χ0n) is 10.2. The largest absolute Gasteiger partial charge is 0.311 e. The first-order valence-corrected chi connectivity index (χ1v) is 6.26. The van der Waals surface area contributed by atoms with Gasteiger partial charge in [0.25, 0.3) is 0 Å². The first-order valence-electron chi connectivity index (χ1n) is 6.26. The van der Waals surface area contributed by atoms with E-state index in [1.807, 2.05) is 0 Å². The Morgan fingerprint density at radius 3 is 1.93 bits per heavy atom. The van der Waals surface area contributed by atoms with Gasteiger partial charge in [-0.25, -0.2) is 0 Å². The molecule has 2 aliphatic rings. The Hall–Kier alpha value is -0.0400. The van der Waals surface area contributed by atoms with Gasteiger partial charge in [-0.15, -0.1) is 0 Å². The molecule has 0 aromatic rings. The van der Waals surface area contributed by atoms with Crippen LogP contribution in [0.3, 0.4) is 0 Å². The summed E-state index contributed by atoms with van der Waals surface area (Å²) >= 11 is 0. The van der Waals surface area contributed by atoms with Crippen LogP contribution < -0.4 is 5.32 Å². The number of rotatable bonds is 2. The first kappa shape index (κ1) is 10.5. The fourth-order valence-electron chi connectivity index (χ4n) is 3.86. The summed E-state index contributed by atoms with van der Waals surface area (Å²) in [7, 11) is 0. The summed E-state index contributed by atoms with van der Waals surface area (Å²) in [6.45, 7) is 10.9. The van der Waals surface area contributed by atoms with Gasteiger partial charge < -0.3 is 5.32 Å². The van der Waals surface area contributed by atoms with Crippen molar-refractivity contribution in [1.82, 2.24) is 5.32 Å². The topological polar surface area (TPSA) is 12.0 Å². The Morgan fingerprint density at radius 1 is 1.00 bits per heavy atom. The van der Waals surface area contributed by atoms with Gasteiger partial charge in [0, 0.05) is 5.54 Å². The predicted molar refractivity (Wildman–Crippen MR) is 61.3 cm³/mol. The molecule has 1 aliphatic carbocycles. The van der Waals surface area contributed by atoms with Crippen LogP contribution in [-0.2, 0) is 0 Å². The van der Waals surface area contributed by atoms with Crippen LogP contribution in [0.25, 0.3) is 0 Å². The Bertz CT molecular complexity index is 193. The van der Waals surface area contributed by atoms with E-state index in [1.54, 1.807) is 0 Å². The number of hydrogen-bond acceptors (Lipinski definition) is 1. The van der Waals surface area contributed by atoms with E-state index in [1.165, 1.54) is 32.2 Å². The fourth-order valence-corrected chi connectivity index (χ4v) is 3.86. The molecule has 2 fully saturated rings. The van der Waals surface area contributed by atoms with Crippen LogP contribution in [0.4, 0.5) is 0 Å². The molecule has 0 radical (unpaired) electrons. The van der Waals surface area contributed by atoms with Gasteiger partial charge >= 0.3 is 0 Å². The van der Waals surface area contributed by atoms with Crippen molar-refractivity contribution in [3.05, 3.63) is 0 Å². The van der Waals surface area contributed by atoms with Crippen molar-refractivity contribution in [1.29, 1.82) is 0 Å². The van der Waals surface area contributed by atoms with E-state index >= 15 is 0 Å². The van der Waals surface area contributed by atoms with Crippen LogP contribution in [0.2, 0.25) is 0 Å². The molecule has 1 heteroatoms. The molecule has 2 rings (SSSR count). The second-order valence-electron chi connectivity index (χ2n) is 6.21. The maximum atomic E-state index is 3.73. The van der Waals surface area contributed by atoms with Crippen molar-refractivity contribution >= 4 is 0 Å². The lowest BCUT2D eigenvalue weighted by Crippen LogP contribution is -2.61. The molecule has 0 aromatic heterocycles. The molecule has 1 saturated carbocycles. The van der Waals surface area contributed by atoms with Gasteiger partial charge in [-0.3, -0.25) is 0 Å². The van der Waals surface area contributed by atoms with E-state index in [9.17, 15) is 0 Å². The standard InChI is InChI=1S/C13H25N/c1-10(2)13(11(3)4)8-12(9-13)6-5-7-14-12/h10-11,14H,5-9H2,1-4H3. The van der Waals surface area contributed by atoms with Gasteiger partial charge in [0.05, 0.1) is 0 Å². The summed E-state index contributed by atoms with van der Waals surface area (Å²) in [4.78, 5) is 0. The number of hydrogen-bond donors (Lipinski definition) is 1. The Balaban J connectivity index is 2.06. The smallest absolute Gasteiger partial charge is 0.0193 e. The van der Waals surface area contributed by atoms with Gasteiger partial charge in [0.1, 0.15) is 0 Å². The van der Waals surface area contributed by atoms with Gasteiger partial charge in [-0.2, -0.15) is 0 Å². The summed E-state index contributed by atoms with van der Waals surface area (Å²) in [5, 5.41) is 3.73. The second kappa shape index (κ2) is 3.23. The molecule has 1 aliphatic heterocycles. The van der Waals surface area contributed by atoms with Crippen LogP contribution in [0.15, 0.2) is 0 Å². The van der Waals surface area contributed by atoms with Crippen molar-refractivity contribution in [3.8, 4) is 0 Å². The summed E-state index contributed by atoms with van der Waals surface area (Å²) in [5.74, 6) is 1.69. The summed E-state index contributed by atoms with van der Waals surface area (Å²) in [6.07, 6.45) is 5.67. The summed E-state index contributed by atoms with van der Waals surface area (Å²) in [6, 6.07) is 0. The van der Waals surface area contributed by atoms with E-state index in [4.69, 9.17) is 0 Å². The van der Waals surface area contributed by atoms with Crippen LogP contribution in [-0.4, -0.2) is 12.1 Å². The molecule has 14 heavy (non-hydrogen) atoms. The molecule has 0 bridgehead atoms. The minimum Gasteiger partial charge on any atom is -0.311 e. The van der Waals surface area contributed by atoms with Crippen molar-refractivity contribution in [2.45, 2.75) is 58.9 Å². The van der Waals surface area contributed by atoms with Crippen LogP contribution in [0.1, 0.15) is 53.4 Å². The Kier molecular flexibility index (Phi) is 2.42. The monoisotopic (exact) mass is 195 g/mol. The summed E-state index contributed by atoms with van der Waals surface area (Å²) < 4.78 is 0. The van der Waals surface area contributed by atoms with Gasteiger partial charge in [0.2, 0.25) is 0 Å². The average Bonchev–Trinajstić information content (AvgIpc) is 2.46. The maximum absolute atomic E-state index is 3.73. The highest BCUT2D eigenvalue weighted by molar-refractivity contribution is 5.12. The zero-order chi connectivity index (χ0) is 10.4. The van der Waals surface area contributed by atoms with Crippen LogP contribution >= 0.6 is 0 Å². The highest BCUT2D eigenvalue weighted by atomic mass is 15.0. The predicted octanol–water partition coefficient (Wildman–Crippen LogP) is 3.20. The maximum Gasteiger partial charge on any atom is 0.0193 e. The minimum atomic E-state index is 0.564. The molecule has 0 aromatic carbocycles. The second-order valence-corrected chi connectivity index (χ2v) is 6.21. The van der Waals surface area contributed by atoms with E-state index in [0.717, 1.165) is 11.8 Å². The Morgan fingerprint density at radius 2 is 1.57 bits per heavy atom. The summed E-state index contributed by atoms with van der Waals surface area (Å²) in [5.41, 5.74) is 1.20. The minimum absolute atomic E-state index is 0.564. The molecule has 1 spiro atoms. The molecule has 0 unspecified atom stereocenters. The molecular weight excluding hydrogens is 170 g/mol. The van der Waals surface area contributed by atoms with E-state index < -0.39 is 0 Å². The van der Waals surface area contributed by atoms with Crippen molar-refractivity contribution in [3.63, 3.8) is 0 Å². The van der Waals surface area contributed by atoms with E-state index in [2.05, 4.69) is 33.0 Å². The normalized spacial score (nSPS) is 28.7. The van der Waals surface area contributed by atoms with Gasteiger partial charge in [-0.05, 0) is 49.5 Å². The van der Waals surface area contributed by atoms with Crippen LogP contribution in [0, 0.1) is 17.3 Å². The molecule has 1 nitrogen and oxygen atoms in total. The fraction of sp³-hybridized carbons (Fsp3) is 1.00. The molecule has 82 valence electrons. The zero-order valence-corrected chi connectivity index (χ0v) is 10.2. The van der Waals surface area contributed by atoms with Crippen molar-refractivity contribution in [2.24, 2.45) is 17.3 Å². The quantitative estimate of drug-likeness (QED) is 0.713. The molecule has 1 N–H and O–H groups in total. The van der Waals surface area contributed by atoms with Gasteiger partial charge in [0.15, 0.2) is 0 Å². The average molecular weight is 195 g/mol. The highest BCUT2D eigenvalue weighted by Crippen LogP contribution is 2.59. The van der Waals surface area contributed by atoms with Gasteiger partial charge in [-0.1, -0.05) is 27.7 Å². The third kappa shape index (κ3) is 1.32. The third-order valence-electron chi connectivity index (χ3n) is 4.97. The lowest BCUT2D eigenvalue weighted by molar-refractivity contribution is -0.0659. The SMILES string of the molecule is CC(C)C1(C(C)C)CC2(CCCN2)C1. The Labute approximate surface area is 88.7 Å². The lowest BCUT2D eigenvalue weighted by Gasteiger charge is -2.60. The molecule has 1 saturated heterocycles. The first-order chi connectivity index (χ1) is 6.51. The molecule has 0 atom stereocenters. The van der Waals surface area contributed by atoms with Crippen molar-refractivity contribution < 1.29 is 0 Å². The molecular formula is C13H25N. The third-order valence-corrected chi connectivity index (χ3v) is 4.97. The molecule has 0 amide bonds. The molecule has 1 heterocycles. The number of nitrogens with one attached hydrogen (secondary N) is 1. The highest BCUT2D eigenvalue weighted by Gasteiger charge is 2.57. The lowest BCUT2D eigenvalue weighted by atomic mass is 9.48. The van der Waals surface area contributed by atoms with E-state index in [0.29, 0.717) is 11.0 Å².